The van der Waals surface area contributed by atoms with Crippen LogP contribution in [0.5, 0.6) is 5.75 Å². The van der Waals surface area contributed by atoms with Crippen molar-refractivity contribution in [3.05, 3.63) is 29.8 Å². The molecule has 6 heteroatoms. The standard InChI is InChI=1S/C10H12F2N2O2/c11-8-4-3-7(6-9(8)12)16-5-1-2-10(15)14-13/h3-4,6H,1-2,5,13H2,(H,14,15). The van der Waals surface area contributed by atoms with Crippen LogP contribution in [0.2, 0.25) is 0 Å². The zero-order valence-electron chi connectivity index (χ0n) is 8.50. The highest BCUT2D eigenvalue weighted by Crippen LogP contribution is 2.15. The molecule has 16 heavy (non-hydrogen) atoms. The van der Waals surface area contributed by atoms with Gasteiger partial charge in [0.2, 0.25) is 5.91 Å². The monoisotopic (exact) mass is 230 g/mol. The third-order valence-corrected chi connectivity index (χ3v) is 1.87. The number of amides is 1. The number of carbonyl (C=O) groups excluding carboxylic acids is 1. The Balaban J connectivity index is 2.32. The summed E-state index contributed by atoms with van der Waals surface area (Å²) in [7, 11) is 0. The molecular weight excluding hydrogens is 218 g/mol. The van der Waals surface area contributed by atoms with E-state index >= 15 is 0 Å². The predicted octanol–water partition coefficient (Wildman–Crippen LogP) is 1.11. The fourth-order valence-corrected chi connectivity index (χ4v) is 1.06. The minimum absolute atomic E-state index is 0.222. The summed E-state index contributed by atoms with van der Waals surface area (Å²) < 4.78 is 30.4. The summed E-state index contributed by atoms with van der Waals surface area (Å²) in [5.74, 6) is 2.92. The first-order valence-electron chi connectivity index (χ1n) is 4.71. The third kappa shape index (κ3) is 3.82. The summed E-state index contributed by atoms with van der Waals surface area (Å²) in [6.45, 7) is 0.235. The normalized spacial score (nSPS) is 9.94. The van der Waals surface area contributed by atoms with Gasteiger partial charge in [-0.2, -0.15) is 0 Å². The molecule has 0 unspecified atom stereocenters. The van der Waals surface area contributed by atoms with E-state index in [4.69, 9.17) is 10.6 Å². The van der Waals surface area contributed by atoms with Gasteiger partial charge in [-0.25, -0.2) is 14.6 Å². The van der Waals surface area contributed by atoms with Crippen LogP contribution >= 0.6 is 0 Å². The molecule has 4 nitrogen and oxygen atoms in total. The lowest BCUT2D eigenvalue weighted by Gasteiger charge is -2.05. The summed E-state index contributed by atoms with van der Waals surface area (Å²) in [6.07, 6.45) is 0.669. The SMILES string of the molecule is NNC(=O)CCCOc1ccc(F)c(F)c1. The third-order valence-electron chi connectivity index (χ3n) is 1.87. The molecule has 0 aliphatic heterocycles. The van der Waals surface area contributed by atoms with Crippen molar-refractivity contribution in [2.24, 2.45) is 5.84 Å². The maximum Gasteiger partial charge on any atom is 0.234 e. The number of rotatable bonds is 5. The van der Waals surface area contributed by atoms with Crippen LogP contribution < -0.4 is 16.0 Å². The molecule has 0 heterocycles. The van der Waals surface area contributed by atoms with Crippen LogP contribution in [-0.4, -0.2) is 12.5 Å². The van der Waals surface area contributed by atoms with Gasteiger partial charge in [0.15, 0.2) is 11.6 Å². The van der Waals surface area contributed by atoms with Gasteiger partial charge in [0, 0.05) is 12.5 Å². The van der Waals surface area contributed by atoms with Crippen molar-refractivity contribution in [1.29, 1.82) is 0 Å². The van der Waals surface area contributed by atoms with Crippen LogP contribution in [0.25, 0.3) is 0 Å². The number of ether oxygens (including phenoxy) is 1. The number of hydrazine groups is 1. The summed E-state index contributed by atoms with van der Waals surface area (Å²) >= 11 is 0. The first kappa shape index (κ1) is 12.4. The highest BCUT2D eigenvalue weighted by molar-refractivity contribution is 5.75. The molecule has 0 spiro atoms. The molecular formula is C10H12F2N2O2. The Morgan fingerprint density at radius 2 is 2.12 bits per heavy atom. The minimum Gasteiger partial charge on any atom is -0.493 e. The molecule has 0 atom stereocenters. The van der Waals surface area contributed by atoms with E-state index in [2.05, 4.69) is 0 Å². The molecule has 0 radical (unpaired) electrons. The van der Waals surface area contributed by atoms with Crippen molar-refractivity contribution >= 4 is 5.91 Å². The van der Waals surface area contributed by atoms with E-state index < -0.39 is 11.6 Å². The van der Waals surface area contributed by atoms with Gasteiger partial charge >= 0.3 is 0 Å². The van der Waals surface area contributed by atoms with Crippen LogP contribution in [0, 0.1) is 11.6 Å². The molecule has 1 aromatic rings. The van der Waals surface area contributed by atoms with Gasteiger partial charge < -0.3 is 4.74 Å². The second-order valence-corrected chi connectivity index (χ2v) is 3.10. The molecule has 0 saturated heterocycles. The van der Waals surface area contributed by atoms with Gasteiger partial charge in [-0.3, -0.25) is 10.2 Å². The fourth-order valence-electron chi connectivity index (χ4n) is 1.06. The quantitative estimate of drug-likeness (QED) is 0.345. The van der Waals surface area contributed by atoms with Crippen LogP contribution in [0.4, 0.5) is 8.78 Å². The minimum atomic E-state index is -0.961. The molecule has 0 saturated carbocycles. The average Bonchev–Trinajstić information content (AvgIpc) is 2.28. The molecule has 0 bridgehead atoms. The van der Waals surface area contributed by atoms with E-state index in [9.17, 15) is 13.6 Å². The Morgan fingerprint density at radius 1 is 1.38 bits per heavy atom. The zero-order chi connectivity index (χ0) is 12.0. The number of hydrogen-bond acceptors (Lipinski definition) is 3. The van der Waals surface area contributed by atoms with Gasteiger partial charge in [0.25, 0.3) is 0 Å². The van der Waals surface area contributed by atoms with E-state index in [-0.39, 0.29) is 24.7 Å². The van der Waals surface area contributed by atoms with Crippen molar-refractivity contribution < 1.29 is 18.3 Å². The van der Waals surface area contributed by atoms with E-state index in [0.717, 1.165) is 12.1 Å². The average molecular weight is 230 g/mol. The molecule has 0 fully saturated rings. The van der Waals surface area contributed by atoms with Crippen molar-refractivity contribution in [2.75, 3.05) is 6.61 Å². The molecule has 1 rings (SSSR count). The summed E-state index contributed by atoms with van der Waals surface area (Å²) in [6, 6.07) is 3.26. The van der Waals surface area contributed by atoms with Gasteiger partial charge in [0.05, 0.1) is 6.61 Å². The molecule has 3 N–H and O–H groups in total. The van der Waals surface area contributed by atoms with Crippen molar-refractivity contribution in [2.45, 2.75) is 12.8 Å². The van der Waals surface area contributed by atoms with Crippen molar-refractivity contribution in [1.82, 2.24) is 5.43 Å². The number of benzene rings is 1. The smallest absolute Gasteiger partial charge is 0.234 e. The van der Waals surface area contributed by atoms with Crippen molar-refractivity contribution in [3.8, 4) is 5.75 Å². The van der Waals surface area contributed by atoms with Gasteiger partial charge in [0.1, 0.15) is 5.75 Å². The number of nitrogens with one attached hydrogen (secondary N) is 1. The summed E-state index contributed by atoms with van der Waals surface area (Å²) in [5, 5.41) is 0. The lowest BCUT2D eigenvalue weighted by Crippen LogP contribution is -2.29. The number of nitrogens with two attached hydrogens (primary N) is 1. The Bertz CT molecular complexity index is 372. The Hall–Kier alpha value is -1.69. The van der Waals surface area contributed by atoms with E-state index in [0.29, 0.717) is 6.42 Å². The molecule has 1 amide bonds. The fraction of sp³-hybridized carbons (Fsp3) is 0.300. The molecule has 0 aliphatic carbocycles. The summed E-state index contributed by atoms with van der Waals surface area (Å²) in [5.41, 5.74) is 1.98. The molecule has 1 aromatic carbocycles. The van der Waals surface area contributed by atoms with E-state index in [1.165, 1.54) is 6.07 Å². The Kier molecular flexibility index (Phi) is 4.65. The Morgan fingerprint density at radius 3 is 2.75 bits per heavy atom. The second kappa shape index (κ2) is 6.02. The second-order valence-electron chi connectivity index (χ2n) is 3.10. The van der Waals surface area contributed by atoms with Crippen LogP contribution in [-0.2, 0) is 4.79 Å². The maximum atomic E-state index is 12.7. The van der Waals surface area contributed by atoms with E-state index in [1.54, 1.807) is 0 Å². The molecule has 88 valence electrons. The van der Waals surface area contributed by atoms with Crippen molar-refractivity contribution in [3.63, 3.8) is 0 Å². The Labute approximate surface area is 91.4 Å². The van der Waals surface area contributed by atoms with Crippen LogP contribution in [0.3, 0.4) is 0 Å². The van der Waals surface area contributed by atoms with Gasteiger partial charge in [-0.05, 0) is 18.6 Å². The largest absolute Gasteiger partial charge is 0.493 e. The molecule has 0 aromatic heterocycles. The van der Waals surface area contributed by atoms with Crippen LogP contribution in [0.15, 0.2) is 18.2 Å². The first-order chi connectivity index (χ1) is 7.63. The highest BCUT2D eigenvalue weighted by Gasteiger charge is 2.03. The number of carbonyl (C=O) groups is 1. The topological polar surface area (TPSA) is 64.3 Å². The van der Waals surface area contributed by atoms with Gasteiger partial charge in [-0.1, -0.05) is 0 Å². The van der Waals surface area contributed by atoms with Gasteiger partial charge in [-0.15, -0.1) is 0 Å². The lowest BCUT2D eigenvalue weighted by molar-refractivity contribution is -0.121. The highest BCUT2D eigenvalue weighted by atomic mass is 19.2. The zero-order valence-corrected chi connectivity index (χ0v) is 8.50. The first-order valence-corrected chi connectivity index (χ1v) is 4.71. The maximum absolute atomic E-state index is 12.7. The number of hydrogen-bond donors (Lipinski definition) is 2. The lowest BCUT2D eigenvalue weighted by atomic mass is 10.3. The number of halogens is 2. The van der Waals surface area contributed by atoms with E-state index in [1.807, 2.05) is 5.43 Å². The summed E-state index contributed by atoms with van der Waals surface area (Å²) in [4.78, 5) is 10.7. The predicted molar refractivity (Wildman–Crippen MR) is 53.4 cm³/mol. The van der Waals surface area contributed by atoms with Crippen LogP contribution in [0.1, 0.15) is 12.8 Å². The molecule has 0 aliphatic rings.